The highest BCUT2D eigenvalue weighted by atomic mass is 32.1. The predicted octanol–water partition coefficient (Wildman–Crippen LogP) is -0.190. The number of nitrogens with one attached hydrogen (secondary N) is 3. The molecule has 11 heteroatoms. The van der Waals surface area contributed by atoms with Crippen molar-refractivity contribution < 1.29 is 24.3 Å². The number of hydrogen-bond donors (Lipinski definition) is 7. The van der Waals surface area contributed by atoms with Crippen LogP contribution in [-0.2, 0) is 25.6 Å². The lowest BCUT2D eigenvalue weighted by Crippen LogP contribution is -2.58. The van der Waals surface area contributed by atoms with Gasteiger partial charge in [0.15, 0.2) is 0 Å². The minimum Gasteiger partial charge on any atom is -0.480 e. The van der Waals surface area contributed by atoms with E-state index in [0.717, 1.165) is 5.56 Å². The first-order valence-corrected chi connectivity index (χ1v) is 12.0. The Balaban J connectivity index is 2.85. The summed E-state index contributed by atoms with van der Waals surface area (Å²) < 4.78 is 0. The number of amides is 3. The standard InChI is InChI=1S/C23H37N5O5S/c1-14(2)19(23(32)33)28-22(31)18(13-34)27-21(30)17(10-6-7-11-24)26-20(29)16(25)12-15-8-4-3-5-9-15/h3-5,8-9,14,16-19,34H,6-7,10-13,24-25H2,1-2H3,(H,26,29)(H,27,30)(H,28,31)(H,32,33). The molecule has 0 heterocycles. The normalized spacial score (nSPS) is 14.5. The second-order valence-corrected chi connectivity index (χ2v) is 8.82. The van der Waals surface area contributed by atoms with E-state index < -0.39 is 47.9 Å². The van der Waals surface area contributed by atoms with E-state index in [1.807, 2.05) is 30.3 Å². The minimum atomic E-state index is -1.17. The number of carboxylic acid groups (broad SMARTS) is 1. The highest BCUT2D eigenvalue weighted by Gasteiger charge is 2.30. The number of benzene rings is 1. The van der Waals surface area contributed by atoms with Gasteiger partial charge in [0.1, 0.15) is 18.1 Å². The van der Waals surface area contributed by atoms with E-state index in [9.17, 15) is 24.3 Å². The van der Waals surface area contributed by atoms with Gasteiger partial charge in [-0.05, 0) is 43.7 Å². The van der Waals surface area contributed by atoms with Gasteiger partial charge in [-0.2, -0.15) is 12.6 Å². The van der Waals surface area contributed by atoms with Crippen molar-refractivity contribution in [1.29, 1.82) is 0 Å². The monoisotopic (exact) mass is 495 g/mol. The molecule has 0 saturated heterocycles. The lowest BCUT2D eigenvalue weighted by molar-refractivity contribution is -0.143. The molecule has 8 N–H and O–H groups in total. The average molecular weight is 496 g/mol. The molecule has 0 bridgehead atoms. The first-order chi connectivity index (χ1) is 16.1. The Morgan fingerprint density at radius 1 is 0.941 bits per heavy atom. The Bertz CT molecular complexity index is 808. The van der Waals surface area contributed by atoms with Crippen LogP contribution in [-0.4, -0.2) is 65.3 Å². The van der Waals surface area contributed by atoms with Crippen LogP contribution in [0.2, 0.25) is 0 Å². The molecule has 0 aliphatic carbocycles. The number of rotatable bonds is 15. The smallest absolute Gasteiger partial charge is 0.326 e. The molecule has 0 radical (unpaired) electrons. The number of nitrogens with two attached hydrogens (primary N) is 2. The molecule has 1 aromatic rings. The molecule has 3 amide bonds. The number of carbonyl (C=O) groups is 4. The summed E-state index contributed by atoms with van der Waals surface area (Å²) >= 11 is 4.12. The van der Waals surface area contributed by atoms with Gasteiger partial charge in [0.2, 0.25) is 17.7 Å². The van der Waals surface area contributed by atoms with Crippen LogP contribution in [0, 0.1) is 5.92 Å². The summed E-state index contributed by atoms with van der Waals surface area (Å²) in [6, 6.07) is 5.29. The van der Waals surface area contributed by atoms with Gasteiger partial charge in [-0.15, -0.1) is 0 Å². The van der Waals surface area contributed by atoms with Gasteiger partial charge < -0.3 is 32.5 Å². The molecule has 0 aliphatic heterocycles. The SMILES string of the molecule is CC(C)C(NC(=O)C(CS)NC(=O)C(CCCCN)NC(=O)C(N)Cc1ccccc1)C(=O)O. The van der Waals surface area contributed by atoms with E-state index in [-0.39, 0.29) is 11.7 Å². The van der Waals surface area contributed by atoms with Crippen LogP contribution in [0.5, 0.6) is 0 Å². The molecule has 0 aliphatic rings. The molecule has 0 spiro atoms. The zero-order valence-corrected chi connectivity index (χ0v) is 20.6. The lowest BCUT2D eigenvalue weighted by atomic mass is 10.0. The molecule has 1 rings (SSSR count). The quantitative estimate of drug-likeness (QED) is 0.130. The van der Waals surface area contributed by atoms with E-state index in [1.54, 1.807) is 13.8 Å². The molecular formula is C23H37N5O5S. The highest BCUT2D eigenvalue weighted by Crippen LogP contribution is 2.07. The molecule has 4 atom stereocenters. The minimum absolute atomic E-state index is 0.0566. The lowest BCUT2D eigenvalue weighted by Gasteiger charge is -2.25. The van der Waals surface area contributed by atoms with Crippen molar-refractivity contribution in [3.63, 3.8) is 0 Å². The Kier molecular flexibility index (Phi) is 13.2. The fourth-order valence-electron chi connectivity index (χ4n) is 3.23. The van der Waals surface area contributed by atoms with Crippen LogP contribution in [0.1, 0.15) is 38.7 Å². The third kappa shape index (κ3) is 10.1. The Morgan fingerprint density at radius 3 is 2.06 bits per heavy atom. The van der Waals surface area contributed by atoms with Crippen molar-refractivity contribution in [3.8, 4) is 0 Å². The summed E-state index contributed by atoms with van der Waals surface area (Å²) in [6.07, 6.45) is 1.84. The zero-order valence-electron chi connectivity index (χ0n) is 19.7. The van der Waals surface area contributed by atoms with Gasteiger partial charge in [-0.25, -0.2) is 4.79 Å². The Hall–Kier alpha value is -2.63. The number of hydrogen-bond acceptors (Lipinski definition) is 7. The van der Waals surface area contributed by atoms with Crippen molar-refractivity contribution in [1.82, 2.24) is 16.0 Å². The molecule has 10 nitrogen and oxygen atoms in total. The van der Waals surface area contributed by atoms with Crippen molar-refractivity contribution >= 4 is 36.3 Å². The zero-order chi connectivity index (χ0) is 25.7. The fraction of sp³-hybridized carbons (Fsp3) is 0.565. The van der Waals surface area contributed by atoms with Crippen LogP contribution < -0.4 is 27.4 Å². The summed E-state index contributed by atoms with van der Waals surface area (Å²) in [5, 5.41) is 17.0. The second kappa shape index (κ2) is 15.3. The van der Waals surface area contributed by atoms with Crippen molar-refractivity contribution in [2.75, 3.05) is 12.3 Å². The topological polar surface area (TPSA) is 177 Å². The Labute approximate surface area is 206 Å². The van der Waals surface area contributed by atoms with Crippen LogP contribution in [0.25, 0.3) is 0 Å². The Morgan fingerprint density at radius 2 is 1.53 bits per heavy atom. The average Bonchev–Trinajstić information content (AvgIpc) is 2.80. The molecule has 0 fully saturated rings. The largest absolute Gasteiger partial charge is 0.480 e. The molecule has 34 heavy (non-hydrogen) atoms. The molecule has 0 saturated carbocycles. The summed E-state index contributed by atoms with van der Waals surface area (Å²) in [5.74, 6) is -3.33. The van der Waals surface area contributed by atoms with Crippen LogP contribution in [0.15, 0.2) is 30.3 Å². The fourth-order valence-corrected chi connectivity index (χ4v) is 3.49. The highest BCUT2D eigenvalue weighted by molar-refractivity contribution is 7.80. The molecule has 0 aromatic heterocycles. The first kappa shape index (κ1) is 29.4. The van der Waals surface area contributed by atoms with Gasteiger partial charge >= 0.3 is 5.97 Å². The summed E-state index contributed by atoms with van der Waals surface area (Å²) in [4.78, 5) is 49.6. The van der Waals surface area contributed by atoms with E-state index in [4.69, 9.17) is 11.5 Å². The van der Waals surface area contributed by atoms with Gasteiger partial charge in [0.25, 0.3) is 0 Å². The predicted molar refractivity (Wildman–Crippen MR) is 133 cm³/mol. The van der Waals surface area contributed by atoms with Crippen LogP contribution in [0.4, 0.5) is 0 Å². The third-order valence-electron chi connectivity index (χ3n) is 5.26. The van der Waals surface area contributed by atoms with Crippen LogP contribution in [0.3, 0.4) is 0 Å². The molecule has 190 valence electrons. The third-order valence-corrected chi connectivity index (χ3v) is 5.63. The number of carbonyl (C=O) groups excluding carboxylic acids is 3. The maximum atomic E-state index is 13.0. The van der Waals surface area contributed by atoms with Crippen molar-refractivity contribution in [2.24, 2.45) is 17.4 Å². The van der Waals surface area contributed by atoms with E-state index in [1.165, 1.54) is 0 Å². The van der Waals surface area contributed by atoms with E-state index in [2.05, 4.69) is 28.6 Å². The number of unbranched alkanes of at least 4 members (excludes halogenated alkanes) is 1. The molecule has 1 aromatic carbocycles. The molecule has 4 unspecified atom stereocenters. The van der Waals surface area contributed by atoms with Crippen molar-refractivity contribution in [3.05, 3.63) is 35.9 Å². The number of aliphatic carboxylic acids is 1. The first-order valence-electron chi connectivity index (χ1n) is 11.3. The van der Waals surface area contributed by atoms with Crippen LogP contribution >= 0.6 is 12.6 Å². The summed E-state index contributed by atoms with van der Waals surface area (Å²) in [6.45, 7) is 3.76. The van der Waals surface area contributed by atoms with Crippen molar-refractivity contribution in [2.45, 2.75) is 63.7 Å². The van der Waals surface area contributed by atoms with Gasteiger partial charge in [-0.3, -0.25) is 14.4 Å². The summed E-state index contributed by atoms with van der Waals surface area (Å²) in [5.41, 5.74) is 12.5. The van der Waals surface area contributed by atoms with E-state index in [0.29, 0.717) is 32.2 Å². The van der Waals surface area contributed by atoms with Gasteiger partial charge in [0.05, 0.1) is 6.04 Å². The maximum absolute atomic E-state index is 13.0. The maximum Gasteiger partial charge on any atom is 0.326 e. The second-order valence-electron chi connectivity index (χ2n) is 8.45. The number of thiol groups is 1. The van der Waals surface area contributed by atoms with Gasteiger partial charge in [0, 0.05) is 5.75 Å². The summed E-state index contributed by atoms with van der Waals surface area (Å²) in [7, 11) is 0. The molecular weight excluding hydrogens is 458 g/mol. The van der Waals surface area contributed by atoms with E-state index >= 15 is 0 Å². The number of carboxylic acids is 1. The van der Waals surface area contributed by atoms with Gasteiger partial charge in [-0.1, -0.05) is 44.2 Å².